The number of ether oxygens (including phenoxy) is 1. The third-order valence-electron chi connectivity index (χ3n) is 1.22. The summed E-state index contributed by atoms with van der Waals surface area (Å²) in [6.07, 6.45) is -1.83. The fourth-order valence-corrected chi connectivity index (χ4v) is 0.941. The van der Waals surface area contributed by atoms with Crippen LogP contribution in [0.15, 0.2) is 30.3 Å². The molecule has 72 valence electrons. The van der Waals surface area contributed by atoms with Gasteiger partial charge in [0.1, 0.15) is 0 Å². The molecule has 0 aliphatic carbocycles. The minimum absolute atomic E-state index is 0.871. The zero-order chi connectivity index (χ0) is 10.8. The van der Waals surface area contributed by atoms with Crippen molar-refractivity contribution in [2.45, 2.75) is 3.67 Å². The van der Waals surface area contributed by atoms with Crippen molar-refractivity contribution in [1.82, 2.24) is 0 Å². The molecule has 1 aromatic rings. The molecule has 0 heterocycles. The van der Waals surface area contributed by atoms with Crippen LogP contribution < -0.4 is 4.74 Å². The molecule has 0 aliphatic heterocycles. The van der Waals surface area contributed by atoms with Crippen molar-refractivity contribution in [2.75, 3.05) is 6.61 Å². The molecule has 4 nitrogen and oxygen atoms in total. The van der Waals surface area contributed by atoms with Gasteiger partial charge in [-0.05, 0) is 0 Å². The van der Waals surface area contributed by atoms with Gasteiger partial charge in [0, 0.05) is 0 Å². The standard InChI is InChI=1S/C8H9O.CH2O3.Na/c1-2-9-8-6-4-3-5-7-8;2-1(3)4;/h3-7H,1-2H2;(H2,2,3,4);. The van der Waals surface area contributed by atoms with Gasteiger partial charge in [-0.25, -0.2) is 4.79 Å². The van der Waals surface area contributed by atoms with Gasteiger partial charge >= 0.3 is 85.2 Å². The van der Waals surface area contributed by atoms with Crippen molar-refractivity contribution in [3.8, 4) is 5.75 Å². The second kappa shape index (κ2) is 8.87. The van der Waals surface area contributed by atoms with Crippen molar-refractivity contribution in [3.63, 3.8) is 0 Å². The van der Waals surface area contributed by atoms with Gasteiger partial charge < -0.3 is 10.2 Å². The Bertz CT molecular complexity index is 246. The predicted molar refractivity (Wildman–Crippen MR) is 53.2 cm³/mol. The van der Waals surface area contributed by atoms with E-state index in [0.717, 1.165) is 12.4 Å². The van der Waals surface area contributed by atoms with Gasteiger partial charge in [0.15, 0.2) is 0 Å². The average molecular weight is 206 g/mol. The molecular formula is C9H11NaO4. The summed E-state index contributed by atoms with van der Waals surface area (Å²) in [5.74, 6) is 0.985. The second-order valence-corrected chi connectivity index (χ2v) is 3.44. The molecular weight excluding hydrogens is 195 g/mol. The minimum atomic E-state index is -1.83. The number of para-hydroxylation sites is 1. The number of carbonyl (C=O) groups is 1. The molecule has 0 fully saturated rings. The Morgan fingerprint density at radius 3 is 2.21 bits per heavy atom. The van der Waals surface area contributed by atoms with E-state index in [2.05, 4.69) is 0 Å². The Kier molecular flexibility index (Phi) is 8.42. The van der Waals surface area contributed by atoms with Crippen LogP contribution in [-0.4, -0.2) is 50.9 Å². The zero-order valence-corrected chi connectivity index (χ0v) is 10.0. The van der Waals surface area contributed by atoms with Crippen molar-refractivity contribution in [2.24, 2.45) is 0 Å². The van der Waals surface area contributed by atoms with Crippen LogP contribution >= 0.6 is 0 Å². The molecule has 0 saturated heterocycles. The van der Waals surface area contributed by atoms with E-state index in [1.807, 2.05) is 30.3 Å². The van der Waals surface area contributed by atoms with Crippen molar-refractivity contribution in [1.29, 1.82) is 0 Å². The van der Waals surface area contributed by atoms with Crippen LogP contribution in [0.1, 0.15) is 0 Å². The monoisotopic (exact) mass is 206 g/mol. The number of rotatable bonds is 3. The SMILES string of the molecule is O=C(O)O.[Na][CH2]COc1ccccc1. The van der Waals surface area contributed by atoms with E-state index in [-0.39, 0.29) is 0 Å². The number of benzene rings is 1. The molecule has 0 spiro atoms. The summed E-state index contributed by atoms with van der Waals surface area (Å²) < 4.78 is 6.59. The molecule has 5 heteroatoms. The average Bonchev–Trinajstić information content (AvgIpc) is 2.15. The van der Waals surface area contributed by atoms with Crippen LogP contribution in [0.25, 0.3) is 0 Å². The topological polar surface area (TPSA) is 66.8 Å². The summed E-state index contributed by atoms with van der Waals surface area (Å²) >= 11 is 1.22. The number of hydrogen-bond acceptors (Lipinski definition) is 2. The Balaban J connectivity index is 0.000000364. The molecule has 1 rings (SSSR count). The quantitative estimate of drug-likeness (QED) is 0.741. The van der Waals surface area contributed by atoms with E-state index in [1.165, 1.54) is 31.6 Å². The first-order valence-electron chi connectivity index (χ1n) is 4.26. The van der Waals surface area contributed by atoms with Gasteiger partial charge in [-0.15, -0.1) is 0 Å². The van der Waals surface area contributed by atoms with Crippen LogP contribution in [0.5, 0.6) is 5.75 Å². The van der Waals surface area contributed by atoms with Crippen LogP contribution in [0.4, 0.5) is 4.79 Å². The van der Waals surface area contributed by atoms with Crippen LogP contribution in [0.2, 0.25) is 3.67 Å². The second-order valence-electron chi connectivity index (χ2n) is 2.44. The molecule has 0 bridgehead atoms. The fraction of sp³-hybridized carbons (Fsp3) is 0.222. The molecule has 0 saturated carbocycles. The van der Waals surface area contributed by atoms with E-state index in [9.17, 15) is 0 Å². The predicted octanol–water partition coefficient (Wildman–Crippen LogP) is 1.87. The summed E-state index contributed by atoms with van der Waals surface area (Å²) in [6.45, 7) is 0.871. The van der Waals surface area contributed by atoms with Crippen LogP contribution in [0.3, 0.4) is 0 Å². The summed E-state index contributed by atoms with van der Waals surface area (Å²) in [6, 6.07) is 9.94. The first-order chi connectivity index (χ1) is 6.66. The fourth-order valence-electron chi connectivity index (χ4n) is 0.737. The Morgan fingerprint density at radius 1 is 1.29 bits per heavy atom. The molecule has 2 N–H and O–H groups in total. The molecule has 0 unspecified atom stereocenters. The molecule has 14 heavy (non-hydrogen) atoms. The molecule has 0 atom stereocenters. The summed E-state index contributed by atoms with van der Waals surface area (Å²) in [4.78, 5) is 8.56. The summed E-state index contributed by atoms with van der Waals surface area (Å²) in [5.41, 5.74) is 0. The van der Waals surface area contributed by atoms with Gasteiger partial charge in [0.05, 0.1) is 0 Å². The third-order valence-corrected chi connectivity index (χ3v) is 1.62. The summed E-state index contributed by atoms with van der Waals surface area (Å²) in [5, 5.41) is 13.9. The van der Waals surface area contributed by atoms with E-state index >= 15 is 0 Å². The van der Waals surface area contributed by atoms with Crippen molar-refractivity contribution >= 4 is 34.1 Å². The van der Waals surface area contributed by atoms with E-state index < -0.39 is 6.16 Å². The molecule has 1 aromatic carbocycles. The van der Waals surface area contributed by atoms with Gasteiger partial charge in [-0.2, -0.15) is 0 Å². The van der Waals surface area contributed by atoms with E-state index in [4.69, 9.17) is 19.7 Å². The van der Waals surface area contributed by atoms with E-state index in [0.29, 0.717) is 0 Å². The van der Waals surface area contributed by atoms with E-state index in [1.54, 1.807) is 0 Å². The van der Waals surface area contributed by atoms with Gasteiger partial charge in [-0.3, -0.25) is 0 Å². The third kappa shape index (κ3) is 9.38. The van der Waals surface area contributed by atoms with Crippen molar-refractivity contribution < 1.29 is 19.7 Å². The van der Waals surface area contributed by atoms with Crippen LogP contribution in [-0.2, 0) is 0 Å². The van der Waals surface area contributed by atoms with Gasteiger partial charge in [0.25, 0.3) is 0 Å². The Labute approximate surface area is 99.9 Å². The Morgan fingerprint density at radius 2 is 1.79 bits per heavy atom. The molecule has 0 aromatic heterocycles. The molecule has 0 amide bonds. The first-order valence-corrected chi connectivity index (χ1v) is 5.68. The molecule has 0 aliphatic rings. The molecule has 0 radical (unpaired) electrons. The maximum absolute atomic E-state index is 8.56. The zero-order valence-electron chi connectivity index (χ0n) is 8.01. The number of hydrogen-bond donors (Lipinski definition) is 2. The van der Waals surface area contributed by atoms with Crippen LogP contribution in [0, 0.1) is 0 Å². The van der Waals surface area contributed by atoms with Crippen molar-refractivity contribution in [3.05, 3.63) is 30.3 Å². The summed E-state index contributed by atoms with van der Waals surface area (Å²) in [7, 11) is 0. The first kappa shape index (κ1) is 13.3. The number of carboxylic acid groups (broad SMARTS) is 2. The van der Waals surface area contributed by atoms with Gasteiger partial charge in [-0.1, -0.05) is 0 Å². The maximum atomic E-state index is 8.56. The van der Waals surface area contributed by atoms with Gasteiger partial charge in [0.2, 0.25) is 0 Å². The normalized spacial score (nSPS) is 8.43. The Hall–Kier alpha value is -0.710.